The van der Waals surface area contributed by atoms with Crippen molar-refractivity contribution in [3.05, 3.63) is 89.1 Å². The van der Waals surface area contributed by atoms with Gasteiger partial charge in [0.05, 0.1) is 25.0 Å². The van der Waals surface area contributed by atoms with Crippen LogP contribution in [0.25, 0.3) is 11.3 Å². The molecule has 0 saturated carbocycles. The summed E-state index contributed by atoms with van der Waals surface area (Å²) < 4.78 is 45.3. The Morgan fingerprint density at radius 1 is 1.10 bits per heavy atom. The first-order valence-corrected chi connectivity index (χ1v) is 13.4. The monoisotopic (exact) mass is 575 g/mol. The number of rotatable bonds is 4. The van der Waals surface area contributed by atoms with Gasteiger partial charge in [-0.2, -0.15) is 0 Å². The van der Waals surface area contributed by atoms with Gasteiger partial charge in [0.25, 0.3) is 5.91 Å². The molecule has 1 aromatic heterocycles. The highest BCUT2D eigenvalue weighted by Crippen LogP contribution is 2.30. The summed E-state index contributed by atoms with van der Waals surface area (Å²) in [5.41, 5.74) is 9.91. The number of nitrogen functional groups attached to an aromatic ring is 1. The first kappa shape index (κ1) is 28.7. The SMILES string of the molecule is COc1cc(F)cc(F)c1COc1ccc2cc1COCC[C@H](C)CNC(=O)c1ccc(c(N)c1)-c1ccnc(n1)N2. The van der Waals surface area contributed by atoms with Gasteiger partial charge in [0.2, 0.25) is 5.95 Å². The van der Waals surface area contributed by atoms with Crippen LogP contribution in [0.5, 0.6) is 11.5 Å². The van der Waals surface area contributed by atoms with Crippen molar-refractivity contribution in [3.63, 3.8) is 0 Å². The Kier molecular flexibility index (Phi) is 8.77. The average molecular weight is 576 g/mol. The van der Waals surface area contributed by atoms with Crippen LogP contribution in [0.4, 0.5) is 26.1 Å². The molecule has 0 saturated heterocycles. The molecule has 2 aliphatic rings. The third-order valence-corrected chi connectivity index (χ3v) is 6.90. The number of anilines is 3. The quantitative estimate of drug-likeness (QED) is 0.268. The van der Waals surface area contributed by atoms with Gasteiger partial charge >= 0.3 is 0 Å². The molecule has 218 valence electrons. The molecule has 0 unspecified atom stereocenters. The van der Waals surface area contributed by atoms with Gasteiger partial charge in [-0.15, -0.1) is 0 Å². The zero-order chi connectivity index (χ0) is 29.6. The molecule has 0 aliphatic carbocycles. The Bertz CT molecular complexity index is 1600. The van der Waals surface area contributed by atoms with Gasteiger partial charge in [0.15, 0.2) is 0 Å². The van der Waals surface area contributed by atoms with Crippen molar-refractivity contribution in [2.24, 2.45) is 5.92 Å². The highest BCUT2D eigenvalue weighted by molar-refractivity contribution is 5.96. The maximum absolute atomic E-state index is 14.5. The summed E-state index contributed by atoms with van der Waals surface area (Å²) >= 11 is 0. The molecule has 0 fully saturated rings. The fourth-order valence-electron chi connectivity index (χ4n) is 4.54. The first-order valence-electron chi connectivity index (χ1n) is 13.4. The van der Waals surface area contributed by atoms with Crippen LogP contribution in [0.15, 0.2) is 60.8 Å². The minimum atomic E-state index is -0.764. The van der Waals surface area contributed by atoms with Crippen molar-refractivity contribution in [1.29, 1.82) is 0 Å². The van der Waals surface area contributed by atoms with E-state index in [9.17, 15) is 13.6 Å². The fourth-order valence-corrected chi connectivity index (χ4v) is 4.54. The standard InChI is InChI=1S/C31H31F2N5O4/c1-18-8-10-41-16-20-11-22(4-6-28(20)42-17-24-25(33)13-21(32)14-29(24)40-2)37-31-35-9-7-27(38-31)23-5-3-19(12-26(23)34)30(39)36-15-18/h3-7,9,11-14,18H,8,10,15-17,34H2,1-2H3,(H,36,39)(H,35,37,38)/t18-/m0/s1. The predicted molar refractivity (Wildman–Crippen MR) is 155 cm³/mol. The predicted octanol–water partition coefficient (Wildman–Crippen LogP) is 5.62. The van der Waals surface area contributed by atoms with Gasteiger partial charge in [-0.25, -0.2) is 18.7 Å². The summed E-state index contributed by atoms with van der Waals surface area (Å²) in [5, 5.41) is 6.15. The van der Waals surface area contributed by atoms with Crippen LogP contribution in [0.2, 0.25) is 0 Å². The molecule has 2 aliphatic heterocycles. The van der Waals surface area contributed by atoms with Crippen LogP contribution >= 0.6 is 0 Å². The van der Waals surface area contributed by atoms with E-state index < -0.39 is 11.6 Å². The van der Waals surface area contributed by atoms with Gasteiger partial charge in [-0.3, -0.25) is 4.79 Å². The van der Waals surface area contributed by atoms with Gasteiger partial charge in [-0.1, -0.05) is 6.92 Å². The molecule has 6 bridgehead atoms. The summed E-state index contributed by atoms with van der Waals surface area (Å²) in [6.45, 7) is 2.95. The topological polar surface area (TPSA) is 121 Å². The largest absolute Gasteiger partial charge is 0.496 e. The summed E-state index contributed by atoms with van der Waals surface area (Å²) in [6, 6.07) is 14.1. The smallest absolute Gasteiger partial charge is 0.251 e. The second kappa shape index (κ2) is 12.8. The van der Waals surface area contributed by atoms with Gasteiger partial charge in [0, 0.05) is 59.5 Å². The Morgan fingerprint density at radius 3 is 2.76 bits per heavy atom. The van der Waals surface area contributed by atoms with E-state index in [0.717, 1.165) is 12.1 Å². The van der Waals surface area contributed by atoms with Gasteiger partial charge in [-0.05, 0) is 54.8 Å². The number of fused-ring (bicyclic) bond motifs is 9. The summed E-state index contributed by atoms with van der Waals surface area (Å²) in [7, 11) is 1.34. The molecule has 6 rings (SSSR count). The molecule has 3 aromatic carbocycles. The van der Waals surface area contributed by atoms with E-state index in [2.05, 4.69) is 20.6 Å². The number of carbonyl (C=O) groups excluding carboxylic acids is 1. The number of carbonyl (C=O) groups is 1. The molecule has 11 heteroatoms. The van der Waals surface area contributed by atoms with E-state index in [1.165, 1.54) is 7.11 Å². The zero-order valence-corrected chi connectivity index (χ0v) is 23.2. The van der Waals surface area contributed by atoms with E-state index in [0.29, 0.717) is 65.0 Å². The third-order valence-electron chi connectivity index (χ3n) is 6.90. The maximum Gasteiger partial charge on any atom is 0.251 e. The number of nitrogens with zero attached hydrogens (tertiary/aromatic N) is 2. The van der Waals surface area contributed by atoms with Gasteiger partial charge in [0.1, 0.15) is 29.7 Å². The molecular formula is C31H31F2N5O4. The number of benzene rings is 3. The number of amides is 1. The number of halogens is 2. The lowest BCUT2D eigenvalue weighted by Gasteiger charge is -2.17. The number of methoxy groups -OCH3 is 1. The van der Waals surface area contributed by atoms with Crippen molar-refractivity contribution in [2.45, 2.75) is 26.6 Å². The van der Waals surface area contributed by atoms with Crippen molar-refractivity contribution in [3.8, 4) is 22.8 Å². The molecule has 4 aromatic rings. The van der Waals surface area contributed by atoms with Crippen LogP contribution in [-0.2, 0) is 18.0 Å². The highest BCUT2D eigenvalue weighted by Gasteiger charge is 2.16. The van der Waals surface area contributed by atoms with E-state index in [-0.39, 0.29) is 36.4 Å². The minimum Gasteiger partial charge on any atom is -0.496 e. The van der Waals surface area contributed by atoms with Crippen LogP contribution in [0, 0.1) is 17.6 Å². The zero-order valence-electron chi connectivity index (χ0n) is 23.2. The lowest BCUT2D eigenvalue weighted by molar-refractivity contribution is 0.0923. The Labute approximate surface area is 242 Å². The normalized spacial score (nSPS) is 15.5. The Hall–Kier alpha value is -4.77. The number of aromatic nitrogens is 2. The second-order valence-corrected chi connectivity index (χ2v) is 10.0. The number of nitrogens with two attached hydrogens (primary N) is 1. The number of nitrogens with one attached hydrogen (secondary N) is 2. The number of ether oxygens (including phenoxy) is 3. The second-order valence-electron chi connectivity index (χ2n) is 10.0. The average Bonchev–Trinajstić information content (AvgIpc) is 2.97. The molecule has 9 nitrogen and oxygen atoms in total. The summed E-state index contributed by atoms with van der Waals surface area (Å²) in [5.74, 6) is -0.711. The molecule has 3 heterocycles. The highest BCUT2D eigenvalue weighted by atomic mass is 19.1. The van der Waals surface area contributed by atoms with E-state index in [4.69, 9.17) is 19.9 Å². The van der Waals surface area contributed by atoms with Crippen LogP contribution < -0.4 is 25.8 Å². The Balaban J connectivity index is 1.45. The van der Waals surface area contributed by atoms with Crippen molar-refractivity contribution < 1.29 is 27.8 Å². The first-order chi connectivity index (χ1) is 20.3. The number of hydrogen-bond acceptors (Lipinski definition) is 8. The fraction of sp³-hybridized carbons (Fsp3) is 0.258. The lowest BCUT2D eigenvalue weighted by Crippen LogP contribution is -2.28. The summed E-state index contributed by atoms with van der Waals surface area (Å²) in [6.07, 6.45) is 2.31. The number of hydrogen-bond donors (Lipinski definition) is 3. The molecule has 1 atom stereocenters. The van der Waals surface area contributed by atoms with Crippen molar-refractivity contribution in [2.75, 3.05) is 31.3 Å². The van der Waals surface area contributed by atoms with Crippen molar-refractivity contribution >= 4 is 23.2 Å². The molecule has 4 N–H and O–H groups in total. The van der Waals surface area contributed by atoms with Crippen LogP contribution in [0.3, 0.4) is 0 Å². The Morgan fingerprint density at radius 2 is 1.95 bits per heavy atom. The molecule has 1 amide bonds. The summed E-state index contributed by atoms with van der Waals surface area (Å²) in [4.78, 5) is 21.7. The lowest BCUT2D eigenvalue weighted by atomic mass is 10.0. The molecular weight excluding hydrogens is 544 g/mol. The van der Waals surface area contributed by atoms with Crippen molar-refractivity contribution in [1.82, 2.24) is 15.3 Å². The minimum absolute atomic E-state index is 0.0563. The third kappa shape index (κ3) is 6.74. The van der Waals surface area contributed by atoms with E-state index in [1.54, 1.807) is 42.6 Å². The van der Waals surface area contributed by atoms with E-state index >= 15 is 0 Å². The van der Waals surface area contributed by atoms with Crippen LogP contribution in [0.1, 0.15) is 34.8 Å². The molecule has 42 heavy (non-hydrogen) atoms. The molecule has 0 radical (unpaired) electrons. The van der Waals surface area contributed by atoms with Gasteiger partial charge < -0.3 is 30.6 Å². The molecule has 0 spiro atoms. The van der Waals surface area contributed by atoms with Crippen LogP contribution in [-0.4, -0.2) is 36.1 Å². The van der Waals surface area contributed by atoms with E-state index in [1.807, 2.05) is 13.0 Å². The maximum atomic E-state index is 14.5.